The molecule has 0 N–H and O–H groups in total. The van der Waals surface area contributed by atoms with Gasteiger partial charge in [-0.05, 0) is 39.1 Å². The van der Waals surface area contributed by atoms with Gasteiger partial charge in [-0.25, -0.2) is 4.98 Å². The molecule has 1 aliphatic rings. The summed E-state index contributed by atoms with van der Waals surface area (Å²) in [6.45, 7) is 8.28. The first-order valence-corrected chi connectivity index (χ1v) is 6.96. The highest BCUT2D eigenvalue weighted by molar-refractivity contribution is 7.18. The molecule has 0 aliphatic carbocycles. The van der Waals surface area contributed by atoms with E-state index in [1.54, 1.807) is 11.3 Å². The van der Waals surface area contributed by atoms with Crippen LogP contribution in [0.15, 0.2) is 23.7 Å². The van der Waals surface area contributed by atoms with Gasteiger partial charge in [-0.1, -0.05) is 6.07 Å². The highest BCUT2D eigenvalue weighted by atomic mass is 32.1. The molecule has 0 atom stereocenters. The Kier molecular flexibility index (Phi) is 2.56. The Morgan fingerprint density at radius 2 is 1.83 bits per heavy atom. The van der Waals surface area contributed by atoms with E-state index in [-0.39, 0.29) is 18.3 Å². The van der Waals surface area contributed by atoms with Crippen LogP contribution >= 0.6 is 11.3 Å². The summed E-state index contributed by atoms with van der Waals surface area (Å²) in [6, 6.07) is 4.02. The number of hydrogen-bond acceptors (Lipinski definition) is 4. The first kappa shape index (κ1) is 12.1. The first-order valence-electron chi connectivity index (χ1n) is 6.08. The Morgan fingerprint density at radius 3 is 2.50 bits per heavy atom. The maximum atomic E-state index is 6.07. The molecule has 0 amide bonds. The molecule has 2 aromatic rings. The summed E-state index contributed by atoms with van der Waals surface area (Å²) in [5, 5.41) is 3.21. The number of rotatable bonds is 1. The minimum Gasteiger partial charge on any atom is -0.399 e. The Balaban J connectivity index is 2.03. The predicted molar refractivity (Wildman–Crippen MR) is 75.3 cm³/mol. The van der Waals surface area contributed by atoms with E-state index >= 15 is 0 Å². The van der Waals surface area contributed by atoms with Gasteiger partial charge >= 0.3 is 7.12 Å². The van der Waals surface area contributed by atoms with Crippen LogP contribution < -0.4 is 5.46 Å². The topological polar surface area (TPSA) is 31.4 Å². The third-order valence-electron chi connectivity index (χ3n) is 3.89. The van der Waals surface area contributed by atoms with Crippen molar-refractivity contribution in [2.45, 2.75) is 38.9 Å². The summed E-state index contributed by atoms with van der Waals surface area (Å²) in [6.07, 6.45) is 1.81. The maximum Gasteiger partial charge on any atom is 0.496 e. The van der Waals surface area contributed by atoms with E-state index in [1.807, 2.05) is 12.3 Å². The monoisotopic (exact) mass is 261 g/mol. The van der Waals surface area contributed by atoms with Gasteiger partial charge in [0, 0.05) is 17.0 Å². The Labute approximate surface area is 111 Å². The highest BCUT2D eigenvalue weighted by Crippen LogP contribution is 2.37. The van der Waals surface area contributed by atoms with Crippen LogP contribution in [0.1, 0.15) is 27.7 Å². The van der Waals surface area contributed by atoms with E-state index in [4.69, 9.17) is 9.31 Å². The lowest BCUT2D eigenvalue weighted by atomic mass is 9.79. The lowest BCUT2D eigenvalue weighted by Gasteiger charge is -2.32. The minimum atomic E-state index is -0.298. The molecule has 1 saturated heterocycles. The van der Waals surface area contributed by atoms with Crippen molar-refractivity contribution in [1.29, 1.82) is 0 Å². The van der Waals surface area contributed by atoms with E-state index in [1.165, 1.54) is 0 Å². The van der Waals surface area contributed by atoms with Crippen LogP contribution in [0.5, 0.6) is 0 Å². The lowest BCUT2D eigenvalue weighted by Crippen LogP contribution is -2.41. The number of nitrogens with zero attached hydrogens (tertiary/aromatic N) is 1. The summed E-state index contributed by atoms with van der Waals surface area (Å²) in [4.78, 5) is 5.38. The Hall–Kier alpha value is -0.905. The molecule has 94 valence electrons. The number of fused-ring (bicyclic) bond motifs is 1. The second-order valence-corrected chi connectivity index (χ2v) is 6.49. The van der Waals surface area contributed by atoms with Crippen LogP contribution in [0, 0.1) is 0 Å². The molecule has 3 rings (SSSR count). The van der Waals surface area contributed by atoms with Crippen LogP contribution in [-0.4, -0.2) is 23.3 Å². The second kappa shape index (κ2) is 3.79. The van der Waals surface area contributed by atoms with Crippen LogP contribution in [-0.2, 0) is 9.31 Å². The fourth-order valence-electron chi connectivity index (χ4n) is 2.04. The molecule has 1 aliphatic heterocycles. The van der Waals surface area contributed by atoms with Crippen molar-refractivity contribution in [3.8, 4) is 0 Å². The van der Waals surface area contributed by atoms with E-state index < -0.39 is 0 Å². The summed E-state index contributed by atoms with van der Waals surface area (Å²) in [5.41, 5.74) is 0.490. The highest BCUT2D eigenvalue weighted by Gasteiger charge is 2.52. The van der Waals surface area contributed by atoms with E-state index in [0.29, 0.717) is 0 Å². The molecule has 0 unspecified atom stereocenters. The molecule has 5 heteroatoms. The van der Waals surface area contributed by atoms with Gasteiger partial charge in [0.15, 0.2) is 0 Å². The molecule has 18 heavy (non-hydrogen) atoms. The van der Waals surface area contributed by atoms with Gasteiger partial charge in [0.25, 0.3) is 0 Å². The normalized spacial score (nSPS) is 21.7. The van der Waals surface area contributed by atoms with E-state index in [2.05, 4.69) is 44.1 Å². The average Bonchev–Trinajstić information content (AvgIpc) is 2.78. The zero-order valence-corrected chi connectivity index (χ0v) is 11.9. The van der Waals surface area contributed by atoms with Gasteiger partial charge in [0.2, 0.25) is 0 Å². The quantitative estimate of drug-likeness (QED) is 0.739. The van der Waals surface area contributed by atoms with Gasteiger partial charge in [0.05, 0.1) is 11.2 Å². The van der Waals surface area contributed by atoms with Crippen LogP contribution in [0.25, 0.3) is 10.2 Å². The molecule has 2 aromatic heterocycles. The molecular weight excluding hydrogens is 245 g/mol. The van der Waals surface area contributed by atoms with Crippen LogP contribution in [0.3, 0.4) is 0 Å². The second-order valence-electron chi connectivity index (χ2n) is 5.64. The number of hydrogen-bond donors (Lipinski definition) is 0. The van der Waals surface area contributed by atoms with E-state index in [0.717, 1.165) is 15.7 Å². The largest absolute Gasteiger partial charge is 0.496 e. The molecule has 0 spiro atoms. The van der Waals surface area contributed by atoms with Gasteiger partial charge in [0.1, 0.15) is 4.83 Å². The molecular formula is C13H16BNO2S. The fraction of sp³-hybridized carbons (Fsp3) is 0.462. The van der Waals surface area contributed by atoms with Crippen LogP contribution in [0.2, 0.25) is 0 Å². The zero-order valence-electron chi connectivity index (χ0n) is 11.1. The van der Waals surface area contributed by atoms with Crippen molar-refractivity contribution in [3.63, 3.8) is 0 Å². The Bertz CT molecular complexity index is 577. The number of thiophene rings is 1. The molecule has 0 bridgehead atoms. The fourth-order valence-corrected chi connectivity index (χ4v) is 2.95. The summed E-state index contributed by atoms with van der Waals surface area (Å²) < 4.78 is 12.1. The van der Waals surface area contributed by atoms with Crippen molar-refractivity contribution in [2.24, 2.45) is 0 Å². The third kappa shape index (κ3) is 1.69. The molecule has 0 radical (unpaired) electrons. The van der Waals surface area contributed by atoms with Crippen molar-refractivity contribution in [1.82, 2.24) is 4.98 Å². The summed E-state index contributed by atoms with van der Waals surface area (Å²) in [7, 11) is -0.298. The minimum absolute atomic E-state index is 0.297. The molecule has 0 aromatic carbocycles. The van der Waals surface area contributed by atoms with Crippen molar-refractivity contribution < 1.29 is 9.31 Å². The molecule has 3 nitrogen and oxygen atoms in total. The average molecular weight is 261 g/mol. The zero-order chi connectivity index (χ0) is 13.0. The first-order chi connectivity index (χ1) is 8.41. The maximum absolute atomic E-state index is 6.07. The van der Waals surface area contributed by atoms with E-state index in [9.17, 15) is 0 Å². The van der Waals surface area contributed by atoms with Gasteiger partial charge in [-0.2, -0.15) is 0 Å². The number of pyridine rings is 1. The summed E-state index contributed by atoms with van der Waals surface area (Å²) >= 11 is 1.63. The molecule has 3 heterocycles. The van der Waals surface area contributed by atoms with Gasteiger partial charge < -0.3 is 9.31 Å². The predicted octanol–water partition coefficient (Wildman–Crippen LogP) is 2.60. The number of aromatic nitrogens is 1. The van der Waals surface area contributed by atoms with Crippen molar-refractivity contribution in [2.75, 3.05) is 0 Å². The lowest BCUT2D eigenvalue weighted by molar-refractivity contribution is 0.00578. The van der Waals surface area contributed by atoms with Gasteiger partial charge in [-0.15, -0.1) is 11.3 Å². The Morgan fingerprint density at radius 1 is 1.17 bits per heavy atom. The van der Waals surface area contributed by atoms with Crippen molar-refractivity contribution >= 4 is 34.1 Å². The molecule has 0 saturated carbocycles. The van der Waals surface area contributed by atoms with Gasteiger partial charge in [-0.3, -0.25) is 0 Å². The summed E-state index contributed by atoms with van der Waals surface area (Å²) in [5.74, 6) is 0. The van der Waals surface area contributed by atoms with Crippen LogP contribution in [0.4, 0.5) is 0 Å². The molecule has 1 fully saturated rings. The van der Waals surface area contributed by atoms with Crippen molar-refractivity contribution in [3.05, 3.63) is 23.7 Å². The smallest absolute Gasteiger partial charge is 0.399 e. The SMILES string of the molecule is CC1(C)OB(c2csc3ncccc23)OC1(C)C. The standard InChI is InChI=1S/C13H16BNO2S/c1-12(2)13(3,4)17-14(16-12)10-8-18-11-9(10)6-5-7-15-11/h5-8H,1-4H3. The third-order valence-corrected chi connectivity index (χ3v) is 4.81.